The predicted molar refractivity (Wildman–Crippen MR) is 68.0 cm³/mol. The van der Waals surface area contributed by atoms with Crippen LogP contribution in [0.4, 0.5) is 5.69 Å². The number of methoxy groups -OCH3 is 1. The number of carboxylic acid groups (broad SMARTS) is 2. The minimum atomic E-state index is -1.13. The van der Waals surface area contributed by atoms with E-state index in [9.17, 15) is 14.4 Å². The van der Waals surface area contributed by atoms with Gasteiger partial charge in [-0.25, -0.2) is 4.79 Å². The lowest BCUT2D eigenvalue weighted by atomic mass is 10.1. The van der Waals surface area contributed by atoms with Gasteiger partial charge in [0.05, 0.1) is 13.0 Å². The third-order valence-corrected chi connectivity index (χ3v) is 3.20. The summed E-state index contributed by atoms with van der Waals surface area (Å²) in [5, 5.41) is 17.9. The van der Waals surface area contributed by atoms with Crippen LogP contribution in [0.2, 0.25) is 0 Å². The van der Waals surface area contributed by atoms with E-state index in [0.717, 1.165) is 0 Å². The second-order valence-electron chi connectivity index (χ2n) is 4.43. The van der Waals surface area contributed by atoms with E-state index < -0.39 is 17.9 Å². The Labute approximate surface area is 114 Å². The molecule has 0 spiro atoms. The number of aliphatic carboxylic acids is 1. The molecule has 0 bridgehead atoms. The van der Waals surface area contributed by atoms with Crippen molar-refractivity contribution in [2.24, 2.45) is 5.92 Å². The van der Waals surface area contributed by atoms with Gasteiger partial charge in [0.1, 0.15) is 11.3 Å². The van der Waals surface area contributed by atoms with Crippen molar-refractivity contribution >= 4 is 23.5 Å². The monoisotopic (exact) mass is 279 g/mol. The van der Waals surface area contributed by atoms with Gasteiger partial charge in [-0.05, 0) is 12.1 Å². The molecule has 0 aliphatic carbocycles. The maximum atomic E-state index is 11.8. The van der Waals surface area contributed by atoms with Gasteiger partial charge in [-0.15, -0.1) is 0 Å². The summed E-state index contributed by atoms with van der Waals surface area (Å²) >= 11 is 0. The third kappa shape index (κ3) is 2.42. The van der Waals surface area contributed by atoms with Crippen molar-refractivity contribution in [3.8, 4) is 5.75 Å². The summed E-state index contributed by atoms with van der Waals surface area (Å²) in [6.07, 6.45) is -0.0572. The van der Waals surface area contributed by atoms with Gasteiger partial charge in [0.25, 0.3) is 0 Å². The molecule has 1 atom stereocenters. The smallest absolute Gasteiger partial charge is 0.339 e. The summed E-state index contributed by atoms with van der Waals surface area (Å²) in [6, 6.07) is 4.22. The number of aromatic carboxylic acids is 1. The van der Waals surface area contributed by atoms with Crippen LogP contribution in [-0.2, 0) is 9.59 Å². The van der Waals surface area contributed by atoms with E-state index in [4.69, 9.17) is 14.9 Å². The zero-order valence-electron chi connectivity index (χ0n) is 10.7. The number of carbonyl (C=O) groups is 3. The number of hydrogen-bond acceptors (Lipinski definition) is 4. The summed E-state index contributed by atoms with van der Waals surface area (Å²) in [6.45, 7) is 0.0732. The van der Waals surface area contributed by atoms with E-state index in [2.05, 4.69) is 0 Å². The van der Waals surface area contributed by atoms with Crippen LogP contribution < -0.4 is 9.64 Å². The van der Waals surface area contributed by atoms with E-state index >= 15 is 0 Å². The molecule has 0 aromatic heterocycles. The van der Waals surface area contributed by atoms with Crippen LogP contribution in [0.5, 0.6) is 5.75 Å². The maximum Gasteiger partial charge on any atom is 0.339 e. The molecule has 1 saturated heterocycles. The van der Waals surface area contributed by atoms with Gasteiger partial charge in [-0.1, -0.05) is 0 Å². The standard InChI is InChI=1S/C13H13NO6/c1-20-10-5-8(2-3-9(10)13(18)19)14-6-7(12(16)17)4-11(14)15/h2-3,5,7H,4,6H2,1H3,(H,16,17)(H,18,19). The summed E-state index contributed by atoms with van der Waals surface area (Å²) < 4.78 is 4.98. The molecule has 1 unspecified atom stereocenters. The van der Waals surface area contributed by atoms with Crippen molar-refractivity contribution < 1.29 is 29.3 Å². The molecule has 1 amide bonds. The number of amides is 1. The van der Waals surface area contributed by atoms with E-state index in [1.54, 1.807) is 0 Å². The Bertz CT molecular complexity index is 582. The Kier molecular flexibility index (Phi) is 3.60. The van der Waals surface area contributed by atoms with Crippen molar-refractivity contribution in [3.05, 3.63) is 23.8 Å². The van der Waals surface area contributed by atoms with Crippen LogP contribution in [-0.4, -0.2) is 41.7 Å². The Balaban J connectivity index is 2.32. The van der Waals surface area contributed by atoms with Gasteiger partial charge in [-0.3, -0.25) is 9.59 Å². The molecule has 0 saturated carbocycles. The lowest BCUT2D eigenvalue weighted by Gasteiger charge is -2.17. The molecule has 1 aromatic carbocycles. The van der Waals surface area contributed by atoms with Gasteiger partial charge >= 0.3 is 11.9 Å². The predicted octanol–water partition coefficient (Wildman–Crippen LogP) is 0.831. The molecule has 1 aliphatic rings. The molecule has 20 heavy (non-hydrogen) atoms. The van der Waals surface area contributed by atoms with Gasteiger partial charge in [-0.2, -0.15) is 0 Å². The molecule has 106 valence electrons. The number of nitrogens with zero attached hydrogens (tertiary/aromatic N) is 1. The van der Waals surface area contributed by atoms with Crippen molar-refractivity contribution in [2.45, 2.75) is 6.42 Å². The van der Waals surface area contributed by atoms with Crippen molar-refractivity contribution in [1.29, 1.82) is 0 Å². The van der Waals surface area contributed by atoms with E-state index in [-0.39, 0.29) is 30.2 Å². The fourth-order valence-electron chi connectivity index (χ4n) is 2.15. The van der Waals surface area contributed by atoms with Crippen LogP contribution in [0.3, 0.4) is 0 Å². The normalized spacial score (nSPS) is 18.1. The molecule has 2 rings (SSSR count). The van der Waals surface area contributed by atoms with Crippen molar-refractivity contribution in [1.82, 2.24) is 0 Å². The summed E-state index contributed by atoms with van der Waals surface area (Å²) in [7, 11) is 1.33. The third-order valence-electron chi connectivity index (χ3n) is 3.20. The highest BCUT2D eigenvalue weighted by Crippen LogP contribution is 2.30. The quantitative estimate of drug-likeness (QED) is 0.846. The molecular formula is C13H13NO6. The number of carbonyl (C=O) groups excluding carboxylic acids is 1. The van der Waals surface area contributed by atoms with Crippen LogP contribution >= 0.6 is 0 Å². The number of anilines is 1. The molecule has 2 N–H and O–H groups in total. The Morgan fingerprint density at radius 1 is 1.35 bits per heavy atom. The molecule has 1 aromatic rings. The van der Waals surface area contributed by atoms with E-state index in [0.29, 0.717) is 5.69 Å². The highest BCUT2D eigenvalue weighted by atomic mass is 16.5. The molecule has 1 heterocycles. The fourth-order valence-corrected chi connectivity index (χ4v) is 2.15. The lowest BCUT2D eigenvalue weighted by Crippen LogP contribution is -2.25. The highest BCUT2D eigenvalue weighted by molar-refractivity contribution is 6.00. The Morgan fingerprint density at radius 3 is 2.55 bits per heavy atom. The number of hydrogen-bond donors (Lipinski definition) is 2. The number of benzene rings is 1. The average Bonchev–Trinajstić information content (AvgIpc) is 2.80. The first-order valence-electron chi connectivity index (χ1n) is 5.88. The minimum Gasteiger partial charge on any atom is -0.496 e. The Morgan fingerprint density at radius 2 is 2.05 bits per heavy atom. The average molecular weight is 279 g/mol. The van der Waals surface area contributed by atoms with Crippen LogP contribution in [0, 0.1) is 5.92 Å². The first kappa shape index (κ1) is 13.9. The summed E-state index contributed by atoms with van der Waals surface area (Å²) in [4.78, 5) is 35.0. The summed E-state index contributed by atoms with van der Waals surface area (Å²) in [5.41, 5.74) is 0.415. The first-order valence-corrected chi connectivity index (χ1v) is 5.88. The highest BCUT2D eigenvalue weighted by Gasteiger charge is 2.35. The number of rotatable bonds is 4. The molecule has 1 fully saturated rings. The van der Waals surface area contributed by atoms with E-state index in [1.807, 2.05) is 0 Å². The zero-order chi connectivity index (χ0) is 14.9. The zero-order valence-corrected chi connectivity index (χ0v) is 10.7. The molecule has 1 aliphatic heterocycles. The fraction of sp³-hybridized carbons (Fsp3) is 0.308. The number of ether oxygens (including phenoxy) is 1. The van der Waals surface area contributed by atoms with Crippen LogP contribution in [0.15, 0.2) is 18.2 Å². The van der Waals surface area contributed by atoms with Crippen molar-refractivity contribution in [3.63, 3.8) is 0 Å². The largest absolute Gasteiger partial charge is 0.496 e. The van der Waals surface area contributed by atoms with Gasteiger partial charge in [0, 0.05) is 24.7 Å². The second kappa shape index (κ2) is 5.20. The topological polar surface area (TPSA) is 104 Å². The van der Waals surface area contributed by atoms with E-state index in [1.165, 1.54) is 30.2 Å². The van der Waals surface area contributed by atoms with Crippen LogP contribution in [0.1, 0.15) is 16.8 Å². The molecular weight excluding hydrogens is 266 g/mol. The Hall–Kier alpha value is -2.57. The second-order valence-corrected chi connectivity index (χ2v) is 4.43. The maximum absolute atomic E-state index is 11.8. The van der Waals surface area contributed by atoms with Gasteiger partial charge in [0.15, 0.2) is 0 Å². The lowest BCUT2D eigenvalue weighted by molar-refractivity contribution is -0.141. The van der Waals surface area contributed by atoms with Gasteiger partial charge < -0.3 is 19.8 Å². The molecule has 7 nitrogen and oxygen atoms in total. The number of carboxylic acids is 2. The van der Waals surface area contributed by atoms with Crippen molar-refractivity contribution in [2.75, 3.05) is 18.6 Å². The SMILES string of the molecule is COc1cc(N2CC(C(=O)O)CC2=O)ccc1C(=O)O. The van der Waals surface area contributed by atoms with Crippen LogP contribution in [0.25, 0.3) is 0 Å². The first-order chi connectivity index (χ1) is 9.43. The molecule has 0 radical (unpaired) electrons. The molecule has 7 heteroatoms. The van der Waals surface area contributed by atoms with Gasteiger partial charge in [0.2, 0.25) is 5.91 Å². The minimum absolute atomic E-state index is 0.0160. The summed E-state index contributed by atoms with van der Waals surface area (Å²) in [5.74, 6) is -3.07.